The van der Waals surface area contributed by atoms with E-state index in [9.17, 15) is 0 Å². The molecule has 0 atom stereocenters. The van der Waals surface area contributed by atoms with Crippen molar-refractivity contribution < 1.29 is 0 Å². The summed E-state index contributed by atoms with van der Waals surface area (Å²) in [5.74, 6) is 0. The molecule has 2 nitrogen and oxygen atoms in total. The van der Waals surface area contributed by atoms with E-state index in [4.69, 9.17) is 16.9 Å². The lowest BCUT2D eigenvalue weighted by molar-refractivity contribution is 1.22. The average Bonchev–Trinajstić information content (AvgIpc) is 1.85. The van der Waals surface area contributed by atoms with E-state index in [0.29, 0.717) is 10.7 Å². The van der Waals surface area contributed by atoms with Gasteiger partial charge < -0.3 is 0 Å². The van der Waals surface area contributed by atoms with Gasteiger partial charge in [0.05, 0.1) is 0 Å². The highest BCUT2D eigenvalue weighted by atomic mass is 127. The Labute approximate surface area is 77.0 Å². The van der Waals surface area contributed by atoms with Gasteiger partial charge in [0.1, 0.15) is 15.5 Å². The van der Waals surface area contributed by atoms with Crippen molar-refractivity contribution in [2.45, 2.75) is 0 Å². The van der Waals surface area contributed by atoms with Crippen molar-refractivity contribution in [2.75, 3.05) is 0 Å². The Morgan fingerprint density at radius 3 is 2.80 bits per heavy atom. The van der Waals surface area contributed by atoms with E-state index in [1.165, 1.54) is 6.07 Å². The van der Waals surface area contributed by atoms with E-state index in [1.54, 1.807) is 6.07 Å². The second-order valence-electron chi connectivity index (χ2n) is 1.61. The molecule has 0 spiro atoms. The van der Waals surface area contributed by atoms with Gasteiger partial charge in [0.15, 0.2) is 0 Å². The summed E-state index contributed by atoms with van der Waals surface area (Å²) in [5.41, 5.74) is 0.358. The van der Waals surface area contributed by atoms with Crippen LogP contribution < -0.4 is 0 Å². The predicted molar refractivity (Wildman–Crippen MR) is 46.7 cm³/mol. The Balaban J connectivity index is 3.22. The average molecular weight is 264 g/mol. The van der Waals surface area contributed by atoms with Crippen LogP contribution in [-0.4, -0.2) is 4.98 Å². The van der Waals surface area contributed by atoms with Crippen molar-refractivity contribution in [3.8, 4) is 6.07 Å². The van der Waals surface area contributed by atoms with Crippen molar-refractivity contribution in [1.29, 1.82) is 5.26 Å². The maximum absolute atomic E-state index is 8.41. The first kappa shape index (κ1) is 7.76. The smallest absolute Gasteiger partial charge is 0.143 e. The van der Waals surface area contributed by atoms with Gasteiger partial charge in [-0.2, -0.15) is 5.26 Å². The van der Waals surface area contributed by atoms with Gasteiger partial charge in [0.25, 0.3) is 0 Å². The number of hydrogen-bond donors (Lipinski definition) is 0. The van der Waals surface area contributed by atoms with Crippen molar-refractivity contribution in [1.82, 2.24) is 4.98 Å². The summed E-state index contributed by atoms with van der Waals surface area (Å²) in [6.45, 7) is 0. The summed E-state index contributed by atoms with van der Waals surface area (Å²) < 4.78 is 0.738. The molecule has 0 saturated heterocycles. The van der Waals surface area contributed by atoms with Crippen LogP contribution in [0.4, 0.5) is 0 Å². The van der Waals surface area contributed by atoms with Crippen LogP contribution in [0.1, 0.15) is 5.69 Å². The lowest BCUT2D eigenvalue weighted by atomic mass is 10.4. The topological polar surface area (TPSA) is 36.7 Å². The molecular weight excluding hydrogens is 262 g/mol. The molecule has 0 aliphatic rings. The number of hydrogen-bond acceptors (Lipinski definition) is 2. The summed E-state index contributed by atoms with van der Waals surface area (Å²) >= 11 is 7.64. The molecule has 0 bridgehead atoms. The molecular formula is C6H2ClIN2. The Bertz CT molecular complexity index is 272. The van der Waals surface area contributed by atoms with Crippen molar-refractivity contribution >= 4 is 34.2 Å². The SMILES string of the molecule is N#Cc1cc(Cl)cc(I)n1. The Morgan fingerprint density at radius 2 is 2.30 bits per heavy atom. The maximum Gasteiger partial charge on any atom is 0.143 e. The molecule has 1 aromatic rings. The number of aromatic nitrogens is 1. The molecule has 10 heavy (non-hydrogen) atoms. The lowest BCUT2D eigenvalue weighted by Crippen LogP contribution is -1.84. The van der Waals surface area contributed by atoms with E-state index in [-0.39, 0.29) is 0 Å². The molecule has 0 amide bonds. The van der Waals surface area contributed by atoms with Crippen LogP contribution in [0.5, 0.6) is 0 Å². The monoisotopic (exact) mass is 264 g/mol. The minimum Gasteiger partial charge on any atom is -0.231 e. The number of rotatable bonds is 0. The molecule has 0 radical (unpaired) electrons. The van der Waals surface area contributed by atoms with Crippen molar-refractivity contribution in [3.05, 3.63) is 26.5 Å². The summed E-state index contributed by atoms with van der Waals surface area (Å²) in [4.78, 5) is 3.89. The third-order valence-electron chi connectivity index (χ3n) is 0.873. The van der Waals surface area contributed by atoms with Crippen LogP contribution >= 0.6 is 34.2 Å². The van der Waals surface area contributed by atoms with Crippen LogP contribution in [-0.2, 0) is 0 Å². The van der Waals surface area contributed by atoms with Gasteiger partial charge >= 0.3 is 0 Å². The normalized spacial score (nSPS) is 8.90. The first-order chi connectivity index (χ1) is 4.72. The van der Waals surface area contributed by atoms with Crippen molar-refractivity contribution in [3.63, 3.8) is 0 Å². The Kier molecular flexibility index (Phi) is 2.46. The second-order valence-corrected chi connectivity index (χ2v) is 3.15. The van der Waals surface area contributed by atoms with Crippen LogP contribution in [0.25, 0.3) is 0 Å². The van der Waals surface area contributed by atoms with E-state index in [2.05, 4.69) is 4.98 Å². The fourth-order valence-electron chi connectivity index (χ4n) is 0.523. The van der Waals surface area contributed by atoms with E-state index >= 15 is 0 Å². The van der Waals surface area contributed by atoms with E-state index in [1.807, 2.05) is 28.7 Å². The van der Waals surface area contributed by atoms with Gasteiger partial charge in [0, 0.05) is 5.02 Å². The third kappa shape index (κ3) is 1.82. The number of halogens is 2. The highest BCUT2D eigenvalue weighted by Crippen LogP contribution is 2.12. The second kappa shape index (κ2) is 3.17. The largest absolute Gasteiger partial charge is 0.231 e. The third-order valence-corrected chi connectivity index (χ3v) is 1.64. The molecule has 0 aliphatic heterocycles. The molecule has 0 aliphatic carbocycles. The van der Waals surface area contributed by atoms with Gasteiger partial charge in [-0.15, -0.1) is 0 Å². The Hall–Kier alpha value is -0.340. The lowest BCUT2D eigenvalue weighted by Gasteiger charge is -1.91. The van der Waals surface area contributed by atoms with Gasteiger partial charge in [0.2, 0.25) is 0 Å². The fraction of sp³-hybridized carbons (Fsp3) is 0. The fourth-order valence-corrected chi connectivity index (χ4v) is 1.51. The molecule has 4 heteroatoms. The number of pyridine rings is 1. The highest BCUT2D eigenvalue weighted by molar-refractivity contribution is 14.1. The number of nitriles is 1. The zero-order chi connectivity index (χ0) is 7.56. The van der Waals surface area contributed by atoms with Gasteiger partial charge in [-0.1, -0.05) is 11.6 Å². The van der Waals surface area contributed by atoms with Gasteiger partial charge in [-0.05, 0) is 34.7 Å². The molecule has 50 valence electrons. The standard InChI is InChI=1S/C6H2ClIN2/c7-4-1-5(3-9)10-6(8)2-4/h1-2H. The van der Waals surface area contributed by atoms with Crippen LogP contribution in [0.2, 0.25) is 5.02 Å². The zero-order valence-electron chi connectivity index (χ0n) is 4.81. The van der Waals surface area contributed by atoms with Crippen LogP contribution in [0.15, 0.2) is 12.1 Å². The van der Waals surface area contributed by atoms with E-state index in [0.717, 1.165) is 3.70 Å². The summed E-state index contributed by atoms with van der Waals surface area (Å²) in [6.07, 6.45) is 0. The quantitative estimate of drug-likeness (QED) is 0.532. The highest BCUT2D eigenvalue weighted by Gasteiger charge is 1.95. The van der Waals surface area contributed by atoms with Crippen LogP contribution in [0, 0.1) is 15.0 Å². The van der Waals surface area contributed by atoms with E-state index < -0.39 is 0 Å². The summed E-state index contributed by atoms with van der Waals surface area (Å²) in [7, 11) is 0. The molecule has 0 saturated carbocycles. The van der Waals surface area contributed by atoms with Gasteiger partial charge in [-0.3, -0.25) is 0 Å². The summed E-state index contributed by atoms with van der Waals surface area (Å²) in [5, 5.41) is 8.96. The van der Waals surface area contributed by atoms with Gasteiger partial charge in [-0.25, -0.2) is 4.98 Å². The number of nitrogens with zero attached hydrogens (tertiary/aromatic N) is 2. The van der Waals surface area contributed by atoms with Crippen molar-refractivity contribution in [2.24, 2.45) is 0 Å². The molecule has 1 aromatic heterocycles. The molecule has 0 unspecified atom stereocenters. The molecule has 0 fully saturated rings. The minimum absolute atomic E-state index is 0.358. The maximum atomic E-state index is 8.41. The molecule has 1 heterocycles. The molecule has 0 aromatic carbocycles. The molecule has 1 rings (SSSR count). The predicted octanol–water partition coefficient (Wildman–Crippen LogP) is 2.21. The summed E-state index contributed by atoms with van der Waals surface area (Å²) in [6, 6.07) is 5.14. The first-order valence-electron chi connectivity index (χ1n) is 2.45. The Morgan fingerprint density at radius 1 is 1.60 bits per heavy atom. The molecule has 0 N–H and O–H groups in total. The van der Waals surface area contributed by atoms with Crippen LogP contribution in [0.3, 0.4) is 0 Å². The first-order valence-corrected chi connectivity index (χ1v) is 3.91. The zero-order valence-corrected chi connectivity index (χ0v) is 7.72. The minimum atomic E-state index is 0.358.